The molecule has 111 valence electrons. The van der Waals surface area contributed by atoms with Gasteiger partial charge < -0.3 is 0 Å². The molecule has 0 aliphatic heterocycles. The van der Waals surface area contributed by atoms with Gasteiger partial charge in [0.1, 0.15) is 0 Å². The number of benzene rings is 1. The first-order valence-electron chi connectivity index (χ1n) is 6.99. The Morgan fingerprint density at radius 1 is 1.10 bits per heavy atom. The normalized spacial score (nSPS) is 11.4. The minimum Gasteiger partial charge on any atom is -0.257 e. The first-order valence-corrected chi connectivity index (χ1v) is 7.80. The van der Waals surface area contributed by atoms with Crippen molar-refractivity contribution in [3.8, 4) is 0 Å². The molecule has 0 amide bonds. The maximum absolute atomic E-state index is 4.80. The Labute approximate surface area is 143 Å². The third kappa shape index (κ3) is 3.10. The minimum absolute atomic E-state index is 0. The van der Waals surface area contributed by atoms with Gasteiger partial charge in [-0.25, -0.2) is 11.3 Å². The van der Waals surface area contributed by atoms with Crippen LogP contribution in [0.1, 0.15) is 37.0 Å². The van der Waals surface area contributed by atoms with E-state index in [1.54, 1.807) is 0 Å². The molecular formula is C18H18IrNS-. The van der Waals surface area contributed by atoms with Crippen LogP contribution in [0.4, 0.5) is 0 Å². The summed E-state index contributed by atoms with van der Waals surface area (Å²) >= 11 is 1.82. The van der Waals surface area contributed by atoms with Gasteiger partial charge in [0.05, 0.1) is 5.69 Å². The summed E-state index contributed by atoms with van der Waals surface area (Å²) in [5.41, 5.74) is 2.17. The van der Waals surface area contributed by atoms with Crippen molar-refractivity contribution in [3.05, 3.63) is 64.8 Å². The number of hydrogen-bond acceptors (Lipinski definition) is 2. The molecule has 3 rings (SSSR count). The zero-order valence-corrected chi connectivity index (χ0v) is 15.6. The van der Waals surface area contributed by atoms with E-state index in [9.17, 15) is 0 Å². The number of fused-ring (bicyclic) bond motifs is 1. The van der Waals surface area contributed by atoms with Gasteiger partial charge >= 0.3 is 0 Å². The molecular weight excluding hydrogens is 454 g/mol. The van der Waals surface area contributed by atoms with Crippen LogP contribution in [0.2, 0.25) is 0 Å². The minimum atomic E-state index is -0.102. The predicted molar refractivity (Wildman–Crippen MR) is 86.4 cm³/mol. The van der Waals surface area contributed by atoms with Gasteiger partial charge in [0.15, 0.2) is 0 Å². The summed E-state index contributed by atoms with van der Waals surface area (Å²) in [5.74, 6) is 0. The summed E-state index contributed by atoms with van der Waals surface area (Å²) in [7, 11) is 0. The van der Waals surface area contributed by atoms with Crippen LogP contribution < -0.4 is 0 Å². The number of hydrogen-bond donors (Lipinski definition) is 0. The molecule has 1 aromatic carbocycles. The quantitative estimate of drug-likeness (QED) is 0.490. The molecule has 0 fully saturated rings. The number of pyridine rings is 1. The molecule has 0 atom stereocenters. The van der Waals surface area contributed by atoms with Crippen LogP contribution in [-0.4, -0.2) is 4.98 Å². The van der Waals surface area contributed by atoms with Crippen LogP contribution >= 0.6 is 11.3 Å². The van der Waals surface area contributed by atoms with E-state index < -0.39 is 0 Å². The summed E-state index contributed by atoms with van der Waals surface area (Å²) in [5, 5.41) is 1.20. The van der Waals surface area contributed by atoms with E-state index >= 15 is 0 Å². The van der Waals surface area contributed by atoms with Gasteiger partial charge in [-0.2, -0.15) is 17.5 Å². The van der Waals surface area contributed by atoms with Gasteiger partial charge in [0, 0.05) is 31.2 Å². The number of thiophene rings is 1. The summed E-state index contributed by atoms with van der Waals surface area (Å²) in [6.45, 7) is 6.61. The van der Waals surface area contributed by atoms with E-state index in [-0.39, 0.29) is 25.5 Å². The number of nitrogens with zero attached hydrogens (tertiary/aromatic N) is 1. The van der Waals surface area contributed by atoms with E-state index in [1.807, 2.05) is 11.3 Å². The van der Waals surface area contributed by atoms with Crippen LogP contribution in [0.25, 0.3) is 10.1 Å². The zero-order chi connectivity index (χ0) is 14.2. The Morgan fingerprint density at radius 3 is 2.57 bits per heavy atom. The molecule has 3 aromatic rings. The largest absolute Gasteiger partial charge is 0.257 e. The third-order valence-corrected chi connectivity index (χ3v) is 5.12. The third-order valence-electron chi connectivity index (χ3n) is 3.72. The van der Waals surface area contributed by atoms with Crippen LogP contribution in [0, 0.1) is 6.07 Å². The molecule has 0 bridgehead atoms. The fraction of sp³-hybridized carbons (Fsp3) is 0.278. The Morgan fingerprint density at radius 2 is 1.86 bits per heavy atom. The Kier molecular flexibility index (Phi) is 4.98. The van der Waals surface area contributed by atoms with Crippen molar-refractivity contribution in [2.75, 3.05) is 0 Å². The standard InChI is InChI=1S/C18H18NS.Ir/c1-4-14-9-7-11-16(19-14)18(2,3)17-12-13-8-5-6-10-15(13)20-17;/h5-11H,4H2,1-3H3;/q-1;. The molecule has 1 radical (unpaired) electrons. The molecule has 2 aromatic heterocycles. The average Bonchev–Trinajstić information content (AvgIpc) is 2.92. The van der Waals surface area contributed by atoms with E-state index in [1.165, 1.54) is 15.0 Å². The maximum atomic E-state index is 4.80. The Hall–Kier alpha value is -1.02. The fourth-order valence-corrected chi connectivity index (χ4v) is 3.46. The SMILES string of the molecule is CCc1cccc(C(C)(C)c2[c-]c3ccccc3s2)n1.[Ir]. The smallest absolute Gasteiger partial charge is 0.0503 e. The van der Waals surface area contributed by atoms with Gasteiger partial charge in [0.2, 0.25) is 0 Å². The molecule has 0 aliphatic rings. The van der Waals surface area contributed by atoms with E-state index in [0.29, 0.717) is 0 Å². The van der Waals surface area contributed by atoms with Gasteiger partial charge in [-0.1, -0.05) is 42.5 Å². The van der Waals surface area contributed by atoms with Gasteiger partial charge in [-0.15, -0.1) is 12.1 Å². The molecule has 0 saturated carbocycles. The molecule has 0 N–H and O–H groups in total. The van der Waals surface area contributed by atoms with Crippen molar-refractivity contribution < 1.29 is 20.1 Å². The Balaban J connectivity index is 0.00000161. The monoisotopic (exact) mass is 473 g/mol. The summed E-state index contributed by atoms with van der Waals surface area (Å²) in [6, 6.07) is 18.3. The van der Waals surface area contributed by atoms with Crippen molar-refractivity contribution in [2.24, 2.45) is 0 Å². The zero-order valence-electron chi connectivity index (χ0n) is 12.4. The summed E-state index contributed by atoms with van der Waals surface area (Å²) < 4.78 is 1.29. The van der Waals surface area contributed by atoms with Gasteiger partial charge in [-0.3, -0.25) is 4.98 Å². The number of aryl methyl sites for hydroxylation is 1. The fourth-order valence-electron chi connectivity index (χ4n) is 2.34. The first-order chi connectivity index (χ1) is 9.61. The summed E-state index contributed by atoms with van der Waals surface area (Å²) in [6.07, 6.45) is 0.972. The molecule has 0 spiro atoms. The van der Waals surface area contributed by atoms with Gasteiger partial charge in [0.25, 0.3) is 0 Å². The molecule has 0 saturated heterocycles. The number of aromatic nitrogens is 1. The maximum Gasteiger partial charge on any atom is 0.0503 e. The molecule has 3 heteroatoms. The molecule has 21 heavy (non-hydrogen) atoms. The molecule has 0 unspecified atom stereocenters. The van der Waals surface area contributed by atoms with E-state index in [0.717, 1.165) is 17.8 Å². The van der Waals surface area contributed by atoms with Crippen LogP contribution in [-0.2, 0) is 31.9 Å². The molecule has 0 aliphatic carbocycles. The topological polar surface area (TPSA) is 12.9 Å². The van der Waals surface area contributed by atoms with Crippen molar-refractivity contribution in [1.82, 2.24) is 4.98 Å². The van der Waals surface area contributed by atoms with Crippen LogP contribution in [0.5, 0.6) is 0 Å². The van der Waals surface area contributed by atoms with Crippen molar-refractivity contribution in [3.63, 3.8) is 0 Å². The Bertz CT molecular complexity index is 713. The second kappa shape index (κ2) is 6.39. The van der Waals surface area contributed by atoms with Gasteiger partial charge in [-0.05, 0) is 18.6 Å². The van der Waals surface area contributed by atoms with Crippen LogP contribution in [0.15, 0.2) is 42.5 Å². The second-order valence-corrected chi connectivity index (χ2v) is 6.60. The van der Waals surface area contributed by atoms with Crippen molar-refractivity contribution in [1.29, 1.82) is 0 Å². The van der Waals surface area contributed by atoms with Crippen molar-refractivity contribution in [2.45, 2.75) is 32.6 Å². The van der Waals surface area contributed by atoms with E-state index in [4.69, 9.17) is 4.98 Å². The predicted octanol–water partition coefficient (Wildman–Crippen LogP) is 4.98. The van der Waals surface area contributed by atoms with Crippen molar-refractivity contribution >= 4 is 21.4 Å². The molecule has 1 nitrogen and oxygen atoms in total. The first kappa shape index (κ1) is 16.4. The summed E-state index contributed by atoms with van der Waals surface area (Å²) in [4.78, 5) is 6.05. The average molecular weight is 473 g/mol. The van der Waals surface area contributed by atoms with Crippen LogP contribution in [0.3, 0.4) is 0 Å². The number of rotatable bonds is 3. The van der Waals surface area contributed by atoms with E-state index in [2.05, 4.69) is 69.3 Å². The second-order valence-electron chi connectivity index (χ2n) is 5.55. The molecule has 2 heterocycles.